The Bertz CT molecular complexity index is 653. The summed E-state index contributed by atoms with van der Waals surface area (Å²) >= 11 is 7.97. The molecule has 1 aliphatic heterocycles. The number of alkyl halides is 1. The van der Waals surface area contributed by atoms with Crippen LogP contribution in [0.15, 0.2) is 17.2 Å². The van der Waals surface area contributed by atoms with E-state index in [9.17, 15) is 14.3 Å². The van der Waals surface area contributed by atoms with Crippen molar-refractivity contribution in [2.24, 2.45) is 11.3 Å². The Morgan fingerprint density at radius 2 is 2.24 bits per heavy atom. The van der Waals surface area contributed by atoms with E-state index in [1.54, 1.807) is 6.20 Å². The van der Waals surface area contributed by atoms with Crippen LogP contribution in [0, 0.1) is 11.3 Å². The van der Waals surface area contributed by atoms with Crippen molar-refractivity contribution >= 4 is 35.1 Å². The van der Waals surface area contributed by atoms with E-state index in [-0.39, 0.29) is 12.6 Å². The van der Waals surface area contributed by atoms with Crippen LogP contribution in [0.4, 0.5) is 10.2 Å². The van der Waals surface area contributed by atoms with Crippen LogP contribution >= 0.6 is 23.4 Å². The molecule has 0 aromatic carbocycles. The zero-order valence-electron chi connectivity index (χ0n) is 17.3. The predicted molar refractivity (Wildman–Crippen MR) is 117 cm³/mol. The van der Waals surface area contributed by atoms with Crippen LogP contribution in [0.2, 0.25) is 5.02 Å². The molecule has 0 aliphatic carbocycles. The Morgan fingerprint density at radius 1 is 1.48 bits per heavy atom. The molecule has 0 amide bonds. The molecule has 2 rings (SSSR count). The van der Waals surface area contributed by atoms with Crippen LogP contribution in [0.1, 0.15) is 46.0 Å². The lowest BCUT2D eigenvalue weighted by Gasteiger charge is -2.48. The van der Waals surface area contributed by atoms with E-state index in [4.69, 9.17) is 16.3 Å². The number of esters is 1. The molecular formula is C21H32ClFN2O3S. The first kappa shape index (κ1) is 24.2. The molecule has 1 aromatic heterocycles. The molecule has 5 nitrogen and oxygen atoms in total. The van der Waals surface area contributed by atoms with Gasteiger partial charge in [-0.2, -0.15) is 0 Å². The first-order valence-corrected chi connectivity index (χ1v) is 11.7. The maximum atomic E-state index is 13.1. The first-order chi connectivity index (χ1) is 14.0. The van der Waals surface area contributed by atoms with Gasteiger partial charge >= 0.3 is 5.97 Å². The van der Waals surface area contributed by atoms with Crippen molar-refractivity contribution in [3.8, 4) is 0 Å². The van der Waals surface area contributed by atoms with Gasteiger partial charge in [-0.1, -0.05) is 44.7 Å². The molecule has 0 saturated carbocycles. The number of pyridine rings is 1. The van der Waals surface area contributed by atoms with Gasteiger partial charge in [0.05, 0.1) is 30.1 Å². The topological polar surface area (TPSA) is 62.7 Å². The highest BCUT2D eigenvalue weighted by Crippen LogP contribution is 2.40. The number of aliphatic hydroxyl groups excluding tert-OH is 1. The Balaban J connectivity index is 1.79. The molecule has 8 heteroatoms. The smallest absolute Gasteiger partial charge is 0.306 e. The highest BCUT2D eigenvalue weighted by atomic mass is 35.5. The predicted octanol–water partition coefficient (Wildman–Crippen LogP) is 4.75. The highest BCUT2D eigenvalue weighted by Gasteiger charge is 2.44. The van der Waals surface area contributed by atoms with Crippen molar-refractivity contribution in [2.45, 2.75) is 50.8 Å². The van der Waals surface area contributed by atoms with Gasteiger partial charge in [-0.15, -0.1) is 11.8 Å². The van der Waals surface area contributed by atoms with E-state index in [1.807, 2.05) is 11.0 Å². The third-order valence-electron chi connectivity index (χ3n) is 5.39. The standard InChI is InChI=1S/C21H32ClFN2O3S/c1-3-5-6-16(4-2)11-28-18(27)8-10-29-17-7-9-24-20(19(17)22)25-13-21(12-23,14-25)15-26/h7,9,16,26H,3-6,8,10-15H2,1-2H3. The van der Waals surface area contributed by atoms with Crippen molar-refractivity contribution in [2.75, 3.05) is 43.6 Å². The summed E-state index contributed by atoms with van der Waals surface area (Å²) in [5, 5.41) is 9.86. The number of thioether (sulfide) groups is 1. The Kier molecular flexibility index (Phi) is 9.99. The number of carbonyl (C=O) groups excluding carboxylic acids is 1. The molecule has 1 saturated heterocycles. The molecule has 164 valence electrons. The summed E-state index contributed by atoms with van der Waals surface area (Å²) in [6.45, 7) is 4.82. The highest BCUT2D eigenvalue weighted by molar-refractivity contribution is 7.99. The van der Waals surface area contributed by atoms with E-state index in [0.29, 0.717) is 48.6 Å². The normalized spacial score (nSPS) is 16.4. The maximum Gasteiger partial charge on any atom is 0.306 e. The fourth-order valence-corrected chi connectivity index (χ4v) is 4.57. The lowest BCUT2D eigenvalue weighted by molar-refractivity contribution is -0.144. The van der Waals surface area contributed by atoms with Gasteiger partial charge in [0.15, 0.2) is 0 Å². The molecule has 1 atom stereocenters. The molecule has 1 fully saturated rings. The molecule has 0 spiro atoms. The van der Waals surface area contributed by atoms with Gasteiger partial charge in [-0.25, -0.2) is 4.98 Å². The average Bonchev–Trinajstić information content (AvgIpc) is 2.70. The Labute approximate surface area is 182 Å². The third kappa shape index (κ3) is 6.72. The second-order valence-electron chi connectivity index (χ2n) is 7.79. The van der Waals surface area contributed by atoms with Gasteiger partial charge in [0.25, 0.3) is 0 Å². The lowest BCUT2D eigenvalue weighted by Crippen LogP contribution is -2.60. The summed E-state index contributed by atoms with van der Waals surface area (Å²) in [5.74, 6) is 1.42. The number of aromatic nitrogens is 1. The quantitative estimate of drug-likeness (QED) is 0.348. The molecule has 29 heavy (non-hydrogen) atoms. The van der Waals surface area contributed by atoms with E-state index in [2.05, 4.69) is 18.8 Å². The third-order valence-corrected chi connectivity index (χ3v) is 6.94. The van der Waals surface area contributed by atoms with Crippen molar-refractivity contribution in [3.63, 3.8) is 0 Å². The van der Waals surface area contributed by atoms with Crippen molar-refractivity contribution in [3.05, 3.63) is 17.3 Å². The van der Waals surface area contributed by atoms with Crippen LogP contribution in [0.5, 0.6) is 0 Å². The largest absolute Gasteiger partial charge is 0.465 e. The van der Waals surface area contributed by atoms with Gasteiger partial charge < -0.3 is 14.7 Å². The maximum absolute atomic E-state index is 13.1. The number of halogens is 2. The number of carbonyl (C=O) groups is 1. The minimum absolute atomic E-state index is 0.184. The van der Waals surface area contributed by atoms with E-state index < -0.39 is 12.1 Å². The zero-order valence-corrected chi connectivity index (χ0v) is 18.9. The summed E-state index contributed by atoms with van der Waals surface area (Å²) in [5.41, 5.74) is -0.703. The zero-order chi connectivity index (χ0) is 21.3. The van der Waals surface area contributed by atoms with Gasteiger partial charge in [-0.05, 0) is 18.4 Å². The SMILES string of the molecule is CCCCC(CC)COC(=O)CCSc1ccnc(N2CC(CO)(CF)C2)c1Cl. The van der Waals surface area contributed by atoms with Gasteiger partial charge in [-0.3, -0.25) is 9.18 Å². The molecule has 1 aliphatic rings. The first-order valence-electron chi connectivity index (χ1n) is 10.3. The summed E-state index contributed by atoms with van der Waals surface area (Å²) < 4.78 is 18.5. The summed E-state index contributed by atoms with van der Waals surface area (Å²) in [6.07, 6.45) is 6.42. The molecule has 1 aromatic rings. The molecule has 2 heterocycles. The lowest BCUT2D eigenvalue weighted by atomic mass is 9.82. The van der Waals surface area contributed by atoms with Gasteiger partial charge in [0.2, 0.25) is 0 Å². The molecule has 0 bridgehead atoms. The minimum atomic E-state index is -0.703. The van der Waals surface area contributed by atoms with Crippen molar-refractivity contribution < 1.29 is 19.0 Å². The van der Waals surface area contributed by atoms with Crippen LogP contribution in [0.3, 0.4) is 0 Å². The van der Waals surface area contributed by atoms with Crippen LogP contribution < -0.4 is 4.90 Å². The number of hydrogen-bond donors (Lipinski definition) is 1. The molecular weight excluding hydrogens is 415 g/mol. The molecule has 1 unspecified atom stereocenters. The summed E-state index contributed by atoms with van der Waals surface area (Å²) in [6, 6.07) is 1.81. The molecule has 1 N–H and O–H groups in total. The number of aliphatic hydroxyl groups is 1. The second-order valence-corrected chi connectivity index (χ2v) is 9.31. The Morgan fingerprint density at radius 3 is 2.86 bits per heavy atom. The summed E-state index contributed by atoms with van der Waals surface area (Å²) in [4.78, 5) is 19.0. The van der Waals surface area contributed by atoms with E-state index >= 15 is 0 Å². The number of unbranched alkanes of at least 4 members (excludes halogenated alkanes) is 1. The fourth-order valence-electron chi connectivity index (χ4n) is 3.31. The van der Waals surface area contributed by atoms with Crippen LogP contribution in [0.25, 0.3) is 0 Å². The van der Waals surface area contributed by atoms with Gasteiger partial charge in [0.1, 0.15) is 12.5 Å². The number of hydrogen-bond acceptors (Lipinski definition) is 6. The number of rotatable bonds is 13. The Hall–Kier alpha value is -1.05. The van der Waals surface area contributed by atoms with E-state index in [0.717, 1.165) is 30.6 Å². The second kappa shape index (κ2) is 12.0. The number of nitrogens with zero attached hydrogens (tertiary/aromatic N) is 2. The summed E-state index contributed by atoms with van der Waals surface area (Å²) in [7, 11) is 0. The minimum Gasteiger partial charge on any atom is -0.465 e. The fraction of sp³-hybridized carbons (Fsp3) is 0.714. The number of ether oxygens (including phenoxy) is 1. The molecule has 0 radical (unpaired) electrons. The van der Waals surface area contributed by atoms with Crippen LogP contribution in [-0.2, 0) is 9.53 Å². The van der Waals surface area contributed by atoms with Crippen molar-refractivity contribution in [1.82, 2.24) is 4.98 Å². The number of anilines is 1. The van der Waals surface area contributed by atoms with Crippen molar-refractivity contribution in [1.29, 1.82) is 0 Å². The average molecular weight is 447 g/mol. The van der Waals surface area contributed by atoms with E-state index in [1.165, 1.54) is 11.8 Å². The van der Waals surface area contributed by atoms with Crippen LogP contribution in [-0.4, -0.2) is 54.8 Å². The monoisotopic (exact) mass is 446 g/mol. The van der Waals surface area contributed by atoms with Gasteiger partial charge in [0, 0.05) is 29.9 Å².